The van der Waals surface area contributed by atoms with E-state index in [0.717, 1.165) is 0 Å². The molecule has 19 heavy (non-hydrogen) atoms. The molecule has 0 saturated carbocycles. The standard InChI is InChI=1S/C6H8O7.3Li.3H2O/c7-3(8)1-6(13,5(11)12)2-4(9)10;;;;;;/h13H,1-2H2,(H,7,8)(H,9,10)(H,11,12);;;;3*1H2/q;3*+1;;;/p-3. The fourth-order valence-corrected chi connectivity index (χ4v) is 0.684. The van der Waals surface area contributed by atoms with Crippen molar-refractivity contribution in [3.05, 3.63) is 0 Å². The largest absolute Gasteiger partial charge is 1.00 e. The number of aliphatic hydroxyl groups is 1. The van der Waals surface area contributed by atoms with Crippen LogP contribution in [0.3, 0.4) is 0 Å². The predicted molar refractivity (Wildman–Crippen MR) is 40.0 cm³/mol. The van der Waals surface area contributed by atoms with E-state index < -0.39 is 36.4 Å². The van der Waals surface area contributed by atoms with Crippen molar-refractivity contribution in [3.63, 3.8) is 0 Å². The van der Waals surface area contributed by atoms with Crippen molar-refractivity contribution in [1.82, 2.24) is 0 Å². The normalized spacial score (nSPS) is 7.42. The molecule has 0 aromatic heterocycles. The van der Waals surface area contributed by atoms with Gasteiger partial charge in [0.1, 0.15) is 5.60 Å². The third-order valence-electron chi connectivity index (χ3n) is 1.25. The maximum Gasteiger partial charge on any atom is 1.00 e. The van der Waals surface area contributed by atoms with Crippen molar-refractivity contribution >= 4 is 17.9 Å². The van der Waals surface area contributed by atoms with Gasteiger partial charge in [-0.2, -0.15) is 0 Å². The molecule has 0 bridgehead atoms. The Bertz CT molecular complexity index is 242. The molecule has 10 nitrogen and oxygen atoms in total. The Labute approximate surface area is 144 Å². The Balaban J connectivity index is -0.0000000480. The van der Waals surface area contributed by atoms with E-state index in [-0.39, 0.29) is 73.0 Å². The van der Waals surface area contributed by atoms with Gasteiger partial charge in [-0.15, -0.1) is 0 Å². The molecule has 98 valence electrons. The Kier molecular flexibility index (Phi) is 40.6. The number of aliphatic carboxylic acids is 3. The molecular formula is C6H11Li3O10. The summed E-state index contributed by atoms with van der Waals surface area (Å²) in [4.78, 5) is 30.0. The molecular weight excluding hydrogens is 253 g/mol. The van der Waals surface area contributed by atoms with Crippen LogP contribution < -0.4 is 71.9 Å². The first-order chi connectivity index (χ1) is 5.78. The second kappa shape index (κ2) is 18.0. The van der Waals surface area contributed by atoms with Crippen molar-refractivity contribution in [3.8, 4) is 0 Å². The van der Waals surface area contributed by atoms with Crippen LogP contribution in [0.2, 0.25) is 0 Å². The Morgan fingerprint density at radius 3 is 1.11 bits per heavy atom. The molecule has 0 atom stereocenters. The summed E-state index contributed by atoms with van der Waals surface area (Å²) in [7, 11) is 0. The molecule has 0 unspecified atom stereocenters. The molecule has 0 radical (unpaired) electrons. The number of hydrogen-bond donors (Lipinski definition) is 1. The SMILES string of the molecule is O.O.O.O=C([O-])CC(O)(CC(=O)[O-])C(=O)[O-].[Li+].[Li+].[Li+]. The van der Waals surface area contributed by atoms with Gasteiger partial charge in [0.25, 0.3) is 0 Å². The number of hydrogen-bond acceptors (Lipinski definition) is 7. The van der Waals surface area contributed by atoms with Gasteiger partial charge in [-0.05, 0) is 0 Å². The zero-order chi connectivity index (χ0) is 10.6. The second-order valence-corrected chi connectivity index (χ2v) is 2.42. The number of carboxylic acid groups (broad SMARTS) is 3. The maximum atomic E-state index is 10.1. The summed E-state index contributed by atoms with van der Waals surface area (Å²) in [6.45, 7) is 0. The summed E-state index contributed by atoms with van der Waals surface area (Å²) >= 11 is 0. The molecule has 0 aromatic rings. The Morgan fingerprint density at radius 2 is 1.00 bits per heavy atom. The van der Waals surface area contributed by atoms with E-state index in [2.05, 4.69) is 0 Å². The molecule has 0 saturated heterocycles. The maximum absolute atomic E-state index is 10.1. The number of carboxylic acids is 3. The average Bonchev–Trinajstić information content (AvgIpc) is 1.82. The first-order valence-corrected chi connectivity index (χ1v) is 3.11. The van der Waals surface area contributed by atoms with Crippen molar-refractivity contribution in [2.75, 3.05) is 0 Å². The van der Waals surface area contributed by atoms with Crippen LogP contribution >= 0.6 is 0 Å². The fourth-order valence-electron chi connectivity index (χ4n) is 0.684. The third kappa shape index (κ3) is 18.0. The van der Waals surface area contributed by atoms with Crippen LogP contribution in [0.4, 0.5) is 0 Å². The van der Waals surface area contributed by atoms with Gasteiger partial charge in [0.05, 0.1) is 5.97 Å². The summed E-state index contributed by atoms with van der Waals surface area (Å²) < 4.78 is 0. The molecule has 0 aromatic carbocycles. The van der Waals surface area contributed by atoms with Gasteiger partial charge in [-0.3, -0.25) is 0 Å². The van der Waals surface area contributed by atoms with Gasteiger partial charge in [-0.1, -0.05) is 0 Å². The molecule has 0 aliphatic heterocycles. The summed E-state index contributed by atoms with van der Waals surface area (Å²) in [6.07, 6.45) is -2.72. The molecule has 0 amide bonds. The zero-order valence-corrected chi connectivity index (χ0v) is 10.8. The molecule has 0 aliphatic rings. The molecule has 0 rings (SSSR count). The summed E-state index contributed by atoms with van der Waals surface area (Å²) in [5, 5.41) is 38.9. The van der Waals surface area contributed by atoms with E-state index in [1.54, 1.807) is 0 Å². The summed E-state index contributed by atoms with van der Waals surface area (Å²) in [5.41, 5.74) is -2.97. The minimum Gasteiger partial charge on any atom is -0.550 e. The predicted octanol–water partition coefficient (Wildman–Crippen LogP) is -16.7. The van der Waals surface area contributed by atoms with Crippen LogP contribution in [0.5, 0.6) is 0 Å². The van der Waals surface area contributed by atoms with Crippen LogP contribution in [-0.4, -0.2) is 45.0 Å². The van der Waals surface area contributed by atoms with Crippen LogP contribution in [0.25, 0.3) is 0 Å². The van der Waals surface area contributed by atoms with E-state index in [4.69, 9.17) is 5.11 Å². The van der Waals surface area contributed by atoms with Gasteiger partial charge >= 0.3 is 56.6 Å². The van der Waals surface area contributed by atoms with Crippen LogP contribution in [0.1, 0.15) is 12.8 Å². The van der Waals surface area contributed by atoms with E-state index in [9.17, 15) is 29.7 Å². The minimum atomic E-state index is -2.97. The molecule has 0 heterocycles. The Morgan fingerprint density at radius 1 is 0.789 bits per heavy atom. The molecule has 0 aliphatic carbocycles. The van der Waals surface area contributed by atoms with Gasteiger partial charge in [0.15, 0.2) is 0 Å². The molecule has 13 heteroatoms. The van der Waals surface area contributed by atoms with Crippen molar-refractivity contribution in [2.24, 2.45) is 0 Å². The van der Waals surface area contributed by atoms with Gasteiger partial charge in [-0.25, -0.2) is 0 Å². The van der Waals surface area contributed by atoms with Crippen molar-refractivity contribution < 1.29 is 108 Å². The van der Waals surface area contributed by atoms with Gasteiger partial charge in [0, 0.05) is 24.8 Å². The van der Waals surface area contributed by atoms with E-state index in [1.807, 2.05) is 0 Å². The summed E-state index contributed by atoms with van der Waals surface area (Å²) in [6, 6.07) is 0. The van der Waals surface area contributed by atoms with Crippen molar-refractivity contribution in [1.29, 1.82) is 0 Å². The zero-order valence-electron chi connectivity index (χ0n) is 10.8. The number of rotatable bonds is 5. The van der Waals surface area contributed by atoms with Crippen LogP contribution in [0.15, 0.2) is 0 Å². The summed E-state index contributed by atoms with van der Waals surface area (Å²) in [5.74, 6) is -5.98. The van der Waals surface area contributed by atoms with E-state index in [1.165, 1.54) is 0 Å². The van der Waals surface area contributed by atoms with E-state index in [0.29, 0.717) is 0 Å². The van der Waals surface area contributed by atoms with E-state index >= 15 is 0 Å². The smallest absolute Gasteiger partial charge is 0.550 e. The quantitative estimate of drug-likeness (QED) is 0.469. The second-order valence-electron chi connectivity index (χ2n) is 2.42. The fraction of sp³-hybridized carbons (Fsp3) is 0.500. The van der Waals surface area contributed by atoms with Gasteiger partial charge in [0.2, 0.25) is 0 Å². The number of carbonyl (C=O) groups is 3. The monoisotopic (exact) mass is 264 g/mol. The third-order valence-corrected chi connectivity index (χ3v) is 1.25. The van der Waals surface area contributed by atoms with Crippen LogP contribution in [0, 0.1) is 0 Å². The first-order valence-electron chi connectivity index (χ1n) is 3.11. The first kappa shape index (κ1) is 42.7. The Hall–Kier alpha value is 0.0422. The topological polar surface area (TPSA) is 235 Å². The average molecular weight is 264 g/mol. The minimum absolute atomic E-state index is 0. The van der Waals surface area contributed by atoms with Crippen molar-refractivity contribution in [2.45, 2.75) is 18.4 Å². The number of carbonyl (C=O) groups excluding carboxylic acids is 3. The molecule has 7 N–H and O–H groups in total. The molecule has 0 spiro atoms. The van der Waals surface area contributed by atoms with Crippen LogP contribution in [-0.2, 0) is 14.4 Å². The molecule has 0 fully saturated rings. The van der Waals surface area contributed by atoms with Gasteiger partial charge < -0.3 is 51.2 Å².